The maximum atomic E-state index is 11.7. The fourth-order valence-corrected chi connectivity index (χ4v) is 1.59. The van der Waals surface area contributed by atoms with Gasteiger partial charge in [-0.15, -0.1) is 0 Å². The molecule has 0 bridgehead atoms. The molecule has 0 unspecified atom stereocenters. The molecule has 0 aliphatic rings. The molecule has 0 amide bonds. The molecule has 2 aromatic rings. The highest BCUT2D eigenvalue weighted by Gasteiger charge is 2.02. The molecule has 0 radical (unpaired) electrons. The van der Waals surface area contributed by atoms with Gasteiger partial charge < -0.3 is 4.98 Å². The number of H-pyrrole nitrogens is 1. The lowest BCUT2D eigenvalue weighted by Crippen LogP contribution is -2.11. The Labute approximate surface area is 92.6 Å². The molecule has 0 aliphatic carbocycles. The van der Waals surface area contributed by atoms with E-state index in [-0.39, 0.29) is 5.56 Å². The molecule has 2 rings (SSSR count). The van der Waals surface area contributed by atoms with Gasteiger partial charge in [0.1, 0.15) is 5.82 Å². The summed E-state index contributed by atoms with van der Waals surface area (Å²) in [4.78, 5) is 18.7. The van der Waals surface area contributed by atoms with Crippen molar-refractivity contribution in [2.45, 2.75) is 19.3 Å². The summed E-state index contributed by atoms with van der Waals surface area (Å²) in [5.74, 6) is 0.652. The number of para-hydroxylation sites is 1. The van der Waals surface area contributed by atoms with Crippen LogP contribution in [0.4, 0.5) is 0 Å². The Kier molecular flexibility index (Phi) is 2.97. The van der Waals surface area contributed by atoms with Crippen LogP contribution >= 0.6 is 0 Å². The molecule has 0 atom stereocenters. The van der Waals surface area contributed by atoms with E-state index in [0.717, 1.165) is 6.42 Å². The lowest BCUT2D eigenvalue weighted by molar-refractivity contribution is 0.792. The zero-order valence-electron chi connectivity index (χ0n) is 8.73. The Balaban J connectivity index is 2.35. The number of aromatic amines is 1. The number of unbranched alkanes of at least 4 members (excludes halogenated alkanes) is 1. The minimum Gasteiger partial charge on any atom is -0.310 e. The minimum atomic E-state index is -0.113. The second-order valence-electron chi connectivity index (χ2n) is 3.54. The zero-order chi connectivity index (χ0) is 11.4. The Morgan fingerprint density at radius 2 is 2.19 bits per heavy atom. The van der Waals surface area contributed by atoms with E-state index in [4.69, 9.17) is 5.26 Å². The molecule has 4 nitrogen and oxygen atoms in total. The molecule has 1 heterocycles. The molecule has 0 saturated carbocycles. The molecule has 0 fully saturated rings. The molecule has 0 spiro atoms. The lowest BCUT2D eigenvalue weighted by atomic mass is 10.2. The fraction of sp³-hybridized carbons (Fsp3) is 0.250. The number of rotatable bonds is 3. The van der Waals surface area contributed by atoms with Crippen LogP contribution in [0.25, 0.3) is 10.9 Å². The summed E-state index contributed by atoms with van der Waals surface area (Å²) in [6.45, 7) is 0. The number of nitrogens with one attached hydrogen (secondary N) is 1. The van der Waals surface area contributed by atoms with Crippen LogP contribution in [0, 0.1) is 11.3 Å². The number of aromatic nitrogens is 2. The largest absolute Gasteiger partial charge is 0.310 e. The number of nitriles is 1. The Bertz CT molecular complexity index is 595. The van der Waals surface area contributed by atoms with E-state index in [1.807, 2.05) is 18.2 Å². The number of hydrogen-bond acceptors (Lipinski definition) is 3. The van der Waals surface area contributed by atoms with E-state index in [9.17, 15) is 4.79 Å². The predicted molar refractivity (Wildman–Crippen MR) is 60.9 cm³/mol. The highest BCUT2D eigenvalue weighted by Crippen LogP contribution is 2.06. The first-order valence-electron chi connectivity index (χ1n) is 5.16. The Morgan fingerprint density at radius 1 is 1.38 bits per heavy atom. The molecule has 0 aliphatic heterocycles. The molecule has 1 N–H and O–H groups in total. The van der Waals surface area contributed by atoms with Crippen LogP contribution in [0.5, 0.6) is 0 Å². The lowest BCUT2D eigenvalue weighted by Gasteiger charge is -2.00. The van der Waals surface area contributed by atoms with Crippen LogP contribution < -0.4 is 5.56 Å². The third kappa shape index (κ3) is 2.09. The van der Waals surface area contributed by atoms with Crippen LogP contribution in [0.15, 0.2) is 29.1 Å². The highest BCUT2D eigenvalue weighted by molar-refractivity contribution is 5.77. The van der Waals surface area contributed by atoms with E-state index in [1.54, 1.807) is 6.07 Å². The summed E-state index contributed by atoms with van der Waals surface area (Å²) in [6, 6.07) is 9.31. The van der Waals surface area contributed by atoms with Gasteiger partial charge in [0, 0.05) is 12.8 Å². The van der Waals surface area contributed by atoms with Crippen molar-refractivity contribution < 1.29 is 0 Å². The second kappa shape index (κ2) is 4.58. The van der Waals surface area contributed by atoms with E-state index in [1.165, 1.54) is 0 Å². The molecule has 4 heteroatoms. The van der Waals surface area contributed by atoms with Crippen molar-refractivity contribution in [3.05, 3.63) is 40.4 Å². The monoisotopic (exact) mass is 213 g/mol. The standard InChI is InChI=1S/C12H11N3O/c13-8-4-3-7-11-14-10-6-2-1-5-9(10)12(16)15-11/h1-2,5-6H,3-4,7H2,(H,14,15,16). The van der Waals surface area contributed by atoms with Crippen molar-refractivity contribution in [2.75, 3.05) is 0 Å². The third-order valence-corrected chi connectivity index (χ3v) is 2.36. The normalized spacial score (nSPS) is 10.2. The summed E-state index contributed by atoms with van der Waals surface area (Å²) < 4.78 is 0. The van der Waals surface area contributed by atoms with Gasteiger partial charge in [-0.3, -0.25) is 4.79 Å². The van der Waals surface area contributed by atoms with Crippen LogP contribution in [-0.2, 0) is 6.42 Å². The Hall–Kier alpha value is -2.15. The molecular weight excluding hydrogens is 202 g/mol. The van der Waals surface area contributed by atoms with E-state index < -0.39 is 0 Å². The number of fused-ring (bicyclic) bond motifs is 1. The maximum absolute atomic E-state index is 11.7. The van der Waals surface area contributed by atoms with E-state index in [0.29, 0.717) is 29.6 Å². The molecule has 0 saturated heterocycles. The van der Waals surface area contributed by atoms with Gasteiger partial charge in [0.05, 0.1) is 17.0 Å². The number of aryl methyl sites for hydroxylation is 1. The predicted octanol–water partition coefficient (Wildman–Crippen LogP) is 1.77. The van der Waals surface area contributed by atoms with Gasteiger partial charge in [0.15, 0.2) is 0 Å². The third-order valence-electron chi connectivity index (χ3n) is 2.36. The molecular formula is C12H11N3O. The van der Waals surface area contributed by atoms with Crippen molar-refractivity contribution in [2.24, 2.45) is 0 Å². The maximum Gasteiger partial charge on any atom is 0.258 e. The smallest absolute Gasteiger partial charge is 0.258 e. The van der Waals surface area contributed by atoms with Crippen molar-refractivity contribution in [1.82, 2.24) is 9.97 Å². The van der Waals surface area contributed by atoms with Crippen LogP contribution in [-0.4, -0.2) is 9.97 Å². The van der Waals surface area contributed by atoms with Gasteiger partial charge >= 0.3 is 0 Å². The van der Waals surface area contributed by atoms with Crippen LogP contribution in [0.1, 0.15) is 18.7 Å². The average molecular weight is 213 g/mol. The van der Waals surface area contributed by atoms with Gasteiger partial charge in [-0.05, 0) is 18.6 Å². The number of benzene rings is 1. The van der Waals surface area contributed by atoms with Gasteiger partial charge in [-0.2, -0.15) is 5.26 Å². The quantitative estimate of drug-likeness (QED) is 0.790. The van der Waals surface area contributed by atoms with Gasteiger partial charge in [-0.1, -0.05) is 12.1 Å². The summed E-state index contributed by atoms with van der Waals surface area (Å²) in [6.07, 6.45) is 1.84. The van der Waals surface area contributed by atoms with E-state index >= 15 is 0 Å². The molecule has 1 aromatic heterocycles. The van der Waals surface area contributed by atoms with Crippen LogP contribution in [0.3, 0.4) is 0 Å². The second-order valence-corrected chi connectivity index (χ2v) is 3.54. The Morgan fingerprint density at radius 3 is 3.00 bits per heavy atom. The summed E-state index contributed by atoms with van der Waals surface area (Å²) in [5.41, 5.74) is 0.593. The van der Waals surface area contributed by atoms with E-state index in [2.05, 4.69) is 16.0 Å². The fourth-order valence-electron chi connectivity index (χ4n) is 1.59. The highest BCUT2D eigenvalue weighted by atomic mass is 16.1. The van der Waals surface area contributed by atoms with Crippen molar-refractivity contribution in [3.63, 3.8) is 0 Å². The molecule has 80 valence electrons. The first-order chi connectivity index (χ1) is 7.81. The number of hydrogen-bond donors (Lipinski definition) is 1. The summed E-state index contributed by atoms with van der Waals surface area (Å²) in [5, 5.41) is 9.03. The summed E-state index contributed by atoms with van der Waals surface area (Å²) >= 11 is 0. The zero-order valence-corrected chi connectivity index (χ0v) is 8.73. The SMILES string of the molecule is N#CCCCc1nc2ccccc2c(=O)[nH]1. The van der Waals surface area contributed by atoms with Gasteiger partial charge in [0.25, 0.3) is 5.56 Å². The minimum absolute atomic E-state index is 0.113. The van der Waals surface area contributed by atoms with Crippen molar-refractivity contribution in [3.8, 4) is 6.07 Å². The topological polar surface area (TPSA) is 69.5 Å². The van der Waals surface area contributed by atoms with Crippen molar-refractivity contribution >= 4 is 10.9 Å². The van der Waals surface area contributed by atoms with Gasteiger partial charge in [0.2, 0.25) is 0 Å². The van der Waals surface area contributed by atoms with Crippen molar-refractivity contribution in [1.29, 1.82) is 5.26 Å². The number of nitrogens with zero attached hydrogens (tertiary/aromatic N) is 2. The first kappa shape index (κ1) is 10.4. The van der Waals surface area contributed by atoms with Gasteiger partial charge in [-0.25, -0.2) is 4.98 Å². The molecule has 1 aromatic carbocycles. The average Bonchev–Trinajstić information content (AvgIpc) is 2.30. The summed E-state index contributed by atoms with van der Waals surface area (Å²) in [7, 11) is 0. The molecule has 16 heavy (non-hydrogen) atoms. The van der Waals surface area contributed by atoms with Crippen LogP contribution in [0.2, 0.25) is 0 Å². The first-order valence-corrected chi connectivity index (χ1v) is 5.16.